The summed E-state index contributed by atoms with van der Waals surface area (Å²) in [6.45, 7) is 2.01. The SMILES string of the molecule is Cc1ccc(C(Cl)c2c(F)cccc2Br)s1. The molecule has 0 spiro atoms. The van der Waals surface area contributed by atoms with Gasteiger partial charge in [-0.15, -0.1) is 22.9 Å². The predicted octanol–water partition coefficient (Wildman–Crippen LogP) is 5.29. The van der Waals surface area contributed by atoms with Gasteiger partial charge in [-0.1, -0.05) is 22.0 Å². The molecule has 84 valence electrons. The molecule has 0 aliphatic heterocycles. The normalized spacial score (nSPS) is 12.8. The molecule has 1 aromatic heterocycles. The highest BCUT2D eigenvalue weighted by molar-refractivity contribution is 9.10. The summed E-state index contributed by atoms with van der Waals surface area (Å²) in [5.41, 5.74) is 0.506. The minimum Gasteiger partial charge on any atom is -0.207 e. The Labute approximate surface area is 111 Å². The highest BCUT2D eigenvalue weighted by Crippen LogP contribution is 2.38. The van der Waals surface area contributed by atoms with Crippen molar-refractivity contribution in [1.82, 2.24) is 0 Å². The number of alkyl halides is 1. The molecule has 0 bridgehead atoms. The molecule has 0 nitrogen and oxygen atoms in total. The number of aryl methyl sites for hydroxylation is 1. The summed E-state index contributed by atoms with van der Waals surface area (Å²) >= 11 is 11.2. The van der Waals surface area contributed by atoms with Gasteiger partial charge in [-0.05, 0) is 31.2 Å². The summed E-state index contributed by atoms with van der Waals surface area (Å²) in [5.74, 6) is -0.277. The van der Waals surface area contributed by atoms with Crippen LogP contribution in [-0.2, 0) is 0 Å². The van der Waals surface area contributed by atoms with Gasteiger partial charge in [-0.25, -0.2) is 4.39 Å². The molecule has 0 fully saturated rings. The van der Waals surface area contributed by atoms with Crippen LogP contribution in [0.5, 0.6) is 0 Å². The second-order valence-corrected chi connectivity index (χ2v) is 6.06. The van der Waals surface area contributed by atoms with Crippen LogP contribution < -0.4 is 0 Å². The number of halogens is 3. The number of benzene rings is 1. The zero-order chi connectivity index (χ0) is 11.7. The van der Waals surface area contributed by atoms with E-state index in [9.17, 15) is 4.39 Å². The van der Waals surface area contributed by atoms with Crippen molar-refractivity contribution < 1.29 is 4.39 Å². The lowest BCUT2D eigenvalue weighted by atomic mass is 10.1. The fourth-order valence-corrected chi connectivity index (χ4v) is 3.48. The monoisotopic (exact) mass is 318 g/mol. The van der Waals surface area contributed by atoms with Crippen LogP contribution in [0.1, 0.15) is 20.7 Å². The van der Waals surface area contributed by atoms with E-state index in [0.717, 1.165) is 4.88 Å². The maximum absolute atomic E-state index is 13.7. The first-order valence-electron chi connectivity index (χ1n) is 4.74. The lowest BCUT2D eigenvalue weighted by Crippen LogP contribution is -1.96. The third-order valence-electron chi connectivity index (χ3n) is 2.26. The molecule has 4 heteroatoms. The maximum Gasteiger partial charge on any atom is 0.129 e. The Morgan fingerprint density at radius 3 is 2.62 bits per heavy atom. The zero-order valence-electron chi connectivity index (χ0n) is 8.51. The van der Waals surface area contributed by atoms with Crippen LogP contribution in [0, 0.1) is 12.7 Å². The Hall–Kier alpha value is -0.380. The smallest absolute Gasteiger partial charge is 0.129 e. The van der Waals surface area contributed by atoms with Gasteiger partial charge >= 0.3 is 0 Å². The molecule has 0 aliphatic carbocycles. The Kier molecular flexibility index (Phi) is 3.67. The van der Waals surface area contributed by atoms with E-state index in [2.05, 4.69) is 15.9 Å². The van der Waals surface area contributed by atoms with Crippen molar-refractivity contribution >= 4 is 38.9 Å². The van der Waals surface area contributed by atoms with Crippen LogP contribution in [-0.4, -0.2) is 0 Å². The lowest BCUT2D eigenvalue weighted by Gasteiger charge is -2.11. The summed E-state index contributed by atoms with van der Waals surface area (Å²) in [6.07, 6.45) is 0. The highest BCUT2D eigenvalue weighted by Gasteiger charge is 2.19. The average Bonchev–Trinajstić information content (AvgIpc) is 2.64. The van der Waals surface area contributed by atoms with E-state index in [1.54, 1.807) is 23.5 Å². The standard InChI is InChI=1S/C12H9BrClFS/c1-7-5-6-10(16-7)12(14)11-8(13)3-2-4-9(11)15/h2-6,12H,1H3. The topological polar surface area (TPSA) is 0 Å². The molecule has 1 atom stereocenters. The first kappa shape index (κ1) is 12.1. The van der Waals surface area contributed by atoms with Gasteiger partial charge in [0.15, 0.2) is 0 Å². The molecule has 2 rings (SSSR count). The summed E-state index contributed by atoms with van der Waals surface area (Å²) < 4.78 is 14.4. The molecule has 2 aromatic rings. The number of thiophene rings is 1. The van der Waals surface area contributed by atoms with Crippen molar-refractivity contribution in [3.8, 4) is 0 Å². The minimum atomic E-state index is -0.436. The van der Waals surface area contributed by atoms with E-state index in [1.165, 1.54) is 10.9 Å². The first-order valence-corrected chi connectivity index (χ1v) is 6.78. The van der Waals surface area contributed by atoms with Crippen molar-refractivity contribution in [2.75, 3.05) is 0 Å². The third kappa shape index (κ3) is 2.31. The van der Waals surface area contributed by atoms with Gasteiger partial charge < -0.3 is 0 Å². The Balaban J connectivity index is 2.45. The molecule has 0 saturated heterocycles. The predicted molar refractivity (Wildman–Crippen MR) is 70.9 cm³/mol. The van der Waals surface area contributed by atoms with Crippen LogP contribution >= 0.6 is 38.9 Å². The molecular formula is C12H9BrClFS. The fourth-order valence-electron chi connectivity index (χ4n) is 1.48. The molecule has 1 unspecified atom stereocenters. The molecule has 1 aromatic carbocycles. The molecule has 0 amide bonds. The third-order valence-corrected chi connectivity index (χ3v) is 4.60. The quantitative estimate of drug-likeness (QED) is 0.660. The molecule has 0 radical (unpaired) electrons. The van der Waals surface area contributed by atoms with Crippen molar-refractivity contribution in [3.05, 3.63) is 55.9 Å². The summed E-state index contributed by atoms with van der Waals surface area (Å²) in [4.78, 5) is 2.14. The van der Waals surface area contributed by atoms with Crippen molar-refractivity contribution in [3.63, 3.8) is 0 Å². The van der Waals surface area contributed by atoms with Crippen LogP contribution in [0.25, 0.3) is 0 Å². The average molecular weight is 320 g/mol. The number of hydrogen-bond acceptors (Lipinski definition) is 1. The van der Waals surface area contributed by atoms with E-state index in [4.69, 9.17) is 11.6 Å². The van der Waals surface area contributed by atoms with Crippen molar-refractivity contribution in [2.45, 2.75) is 12.3 Å². The Morgan fingerprint density at radius 2 is 2.06 bits per heavy atom. The molecule has 0 saturated carbocycles. The molecular weight excluding hydrogens is 311 g/mol. The Morgan fingerprint density at radius 1 is 1.31 bits per heavy atom. The van der Waals surface area contributed by atoms with E-state index >= 15 is 0 Å². The van der Waals surface area contributed by atoms with Gasteiger partial charge in [0.1, 0.15) is 5.82 Å². The van der Waals surface area contributed by atoms with Gasteiger partial charge in [-0.2, -0.15) is 0 Å². The van der Waals surface area contributed by atoms with Crippen LogP contribution in [0.15, 0.2) is 34.8 Å². The molecule has 16 heavy (non-hydrogen) atoms. The number of hydrogen-bond donors (Lipinski definition) is 0. The van der Waals surface area contributed by atoms with Gasteiger partial charge in [-0.3, -0.25) is 0 Å². The van der Waals surface area contributed by atoms with Crippen LogP contribution in [0.3, 0.4) is 0 Å². The minimum absolute atomic E-state index is 0.277. The van der Waals surface area contributed by atoms with Gasteiger partial charge in [0.05, 0.1) is 5.38 Å². The zero-order valence-corrected chi connectivity index (χ0v) is 11.7. The molecule has 0 N–H and O–H groups in total. The van der Waals surface area contributed by atoms with E-state index in [0.29, 0.717) is 10.0 Å². The van der Waals surface area contributed by atoms with Gasteiger partial charge in [0.25, 0.3) is 0 Å². The molecule has 1 heterocycles. The second kappa shape index (κ2) is 4.86. The van der Waals surface area contributed by atoms with Crippen LogP contribution in [0.2, 0.25) is 0 Å². The lowest BCUT2D eigenvalue weighted by molar-refractivity contribution is 0.611. The van der Waals surface area contributed by atoms with Gasteiger partial charge in [0.2, 0.25) is 0 Å². The molecule has 0 aliphatic rings. The van der Waals surface area contributed by atoms with E-state index in [1.807, 2.05) is 19.1 Å². The summed E-state index contributed by atoms with van der Waals surface area (Å²) in [5, 5.41) is -0.436. The van der Waals surface area contributed by atoms with E-state index < -0.39 is 5.38 Å². The highest BCUT2D eigenvalue weighted by atomic mass is 79.9. The fraction of sp³-hybridized carbons (Fsp3) is 0.167. The Bertz CT molecular complexity index is 489. The largest absolute Gasteiger partial charge is 0.207 e. The van der Waals surface area contributed by atoms with Crippen molar-refractivity contribution in [2.24, 2.45) is 0 Å². The second-order valence-electron chi connectivity index (χ2n) is 3.45. The van der Waals surface area contributed by atoms with Gasteiger partial charge in [0, 0.05) is 19.8 Å². The van der Waals surface area contributed by atoms with E-state index in [-0.39, 0.29) is 5.82 Å². The summed E-state index contributed by atoms with van der Waals surface area (Å²) in [7, 11) is 0. The number of rotatable bonds is 2. The van der Waals surface area contributed by atoms with Crippen LogP contribution in [0.4, 0.5) is 4.39 Å². The first-order chi connectivity index (χ1) is 7.59. The maximum atomic E-state index is 13.7. The summed E-state index contributed by atoms with van der Waals surface area (Å²) in [6, 6.07) is 8.82. The van der Waals surface area contributed by atoms with Crippen molar-refractivity contribution in [1.29, 1.82) is 0 Å².